The number of rotatable bonds is 7. The maximum atomic E-state index is 12.5. The van der Waals surface area contributed by atoms with E-state index in [0.717, 1.165) is 16.9 Å². The lowest BCUT2D eigenvalue weighted by molar-refractivity contribution is 0.0531. The summed E-state index contributed by atoms with van der Waals surface area (Å²) >= 11 is 1.15. The lowest BCUT2D eigenvalue weighted by Gasteiger charge is -2.06. The molecule has 0 aliphatic heterocycles. The summed E-state index contributed by atoms with van der Waals surface area (Å²) < 4.78 is 30.0. The molecule has 0 spiro atoms. The second-order valence-corrected chi connectivity index (χ2v) is 9.61. The van der Waals surface area contributed by atoms with Gasteiger partial charge in [0.25, 0.3) is 5.91 Å². The summed E-state index contributed by atoms with van der Waals surface area (Å²) in [6.45, 7) is 3.79. The molecule has 2 aromatic carbocycles. The van der Waals surface area contributed by atoms with Crippen LogP contribution in [0.25, 0.3) is 0 Å². The zero-order valence-corrected chi connectivity index (χ0v) is 18.2. The number of hydrogen-bond acceptors (Lipinski definition) is 6. The number of benzene rings is 2. The summed E-state index contributed by atoms with van der Waals surface area (Å²) in [6, 6.07) is 16.4. The van der Waals surface area contributed by atoms with Crippen LogP contribution >= 0.6 is 11.3 Å². The number of aryl methyl sites for hydroxylation is 1. The van der Waals surface area contributed by atoms with Crippen molar-refractivity contribution < 1.29 is 22.7 Å². The number of carbonyl (C=O) groups is 2. The maximum Gasteiger partial charge on any atom is 0.348 e. The Bertz CT molecular complexity index is 1150. The van der Waals surface area contributed by atoms with Crippen LogP contribution < -0.4 is 5.32 Å². The van der Waals surface area contributed by atoms with Crippen molar-refractivity contribution in [3.05, 3.63) is 82.2 Å². The summed E-state index contributed by atoms with van der Waals surface area (Å²) in [5, 5.41) is 3.30. The number of sulfone groups is 1. The van der Waals surface area contributed by atoms with Crippen LogP contribution in [-0.4, -0.2) is 26.9 Å². The minimum absolute atomic E-state index is 0.147. The second-order valence-electron chi connectivity index (χ2n) is 6.57. The normalized spacial score (nSPS) is 11.1. The number of anilines is 1. The van der Waals surface area contributed by atoms with Crippen LogP contribution in [0.15, 0.2) is 65.6 Å². The maximum absolute atomic E-state index is 12.5. The van der Waals surface area contributed by atoms with Crippen molar-refractivity contribution in [1.82, 2.24) is 0 Å². The van der Waals surface area contributed by atoms with E-state index in [0.29, 0.717) is 21.0 Å². The highest BCUT2D eigenvalue weighted by molar-refractivity contribution is 7.90. The minimum Gasteiger partial charge on any atom is -0.462 e. The van der Waals surface area contributed by atoms with Crippen LogP contribution in [-0.2, 0) is 20.3 Å². The monoisotopic (exact) mass is 443 g/mol. The summed E-state index contributed by atoms with van der Waals surface area (Å²) in [7, 11) is -3.45. The molecular formula is C22H21NO5S2. The highest BCUT2D eigenvalue weighted by atomic mass is 32.2. The Hall–Kier alpha value is -2.97. The predicted octanol–water partition coefficient (Wildman–Crippen LogP) is 4.46. The van der Waals surface area contributed by atoms with Crippen LogP contribution in [0.5, 0.6) is 0 Å². The Morgan fingerprint density at radius 2 is 1.70 bits per heavy atom. The molecule has 1 heterocycles. The van der Waals surface area contributed by atoms with Crippen molar-refractivity contribution >= 4 is 38.1 Å². The van der Waals surface area contributed by atoms with Gasteiger partial charge < -0.3 is 10.1 Å². The Balaban J connectivity index is 1.69. The third kappa shape index (κ3) is 5.14. The van der Waals surface area contributed by atoms with Gasteiger partial charge in [-0.25, -0.2) is 13.2 Å². The van der Waals surface area contributed by atoms with Crippen LogP contribution in [0, 0.1) is 6.92 Å². The van der Waals surface area contributed by atoms with Gasteiger partial charge in [0.2, 0.25) is 0 Å². The van der Waals surface area contributed by atoms with Gasteiger partial charge in [0.15, 0.2) is 9.84 Å². The first-order valence-corrected chi connectivity index (χ1v) is 11.7. The molecule has 0 bridgehead atoms. The van der Waals surface area contributed by atoms with E-state index in [1.807, 2.05) is 0 Å². The third-order valence-electron chi connectivity index (χ3n) is 4.29. The molecule has 0 unspecified atom stereocenters. The van der Waals surface area contributed by atoms with Gasteiger partial charge in [-0.2, -0.15) is 0 Å². The Morgan fingerprint density at radius 1 is 1.03 bits per heavy atom. The average molecular weight is 444 g/mol. The van der Waals surface area contributed by atoms with Gasteiger partial charge in [0, 0.05) is 5.56 Å². The summed E-state index contributed by atoms with van der Waals surface area (Å²) in [5.74, 6) is -0.903. The van der Waals surface area contributed by atoms with Gasteiger partial charge in [0.1, 0.15) is 4.88 Å². The quantitative estimate of drug-likeness (QED) is 0.545. The summed E-state index contributed by atoms with van der Waals surface area (Å²) in [6.07, 6.45) is 0. The van der Waals surface area contributed by atoms with E-state index in [1.165, 1.54) is 0 Å². The number of ether oxygens (including phenoxy) is 1. The Labute approximate surface area is 179 Å². The fourth-order valence-corrected chi connectivity index (χ4v) is 5.14. The molecule has 0 fully saturated rings. The number of esters is 1. The number of nitrogens with one attached hydrogen (secondary N) is 1. The van der Waals surface area contributed by atoms with Crippen LogP contribution in [0.4, 0.5) is 5.00 Å². The van der Waals surface area contributed by atoms with Gasteiger partial charge in [0.05, 0.1) is 22.3 Å². The highest BCUT2D eigenvalue weighted by Gasteiger charge is 2.17. The molecule has 156 valence electrons. The molecule has 0 radical (unpaired) electrons. The number of carbonyl (C=O) groups excluding carboxylic acids is 2. The molecule has 3 aromatic rings. The van der Waals surface area contributed by atoms with Crippen LogP contribution in [0.3, 0.4) is 0 Å². The second kappa shape index (κ2) is 9.23. The third-order valence-corrected chi connectivity index (χ3v) is 7.13. The lowest BCUT2D eigenvalue weighted by atomic mass is 10.1. The van der Waals surface area contributed by atoms with Crippen molar-refractivity contribution in [2.75, 3.05) is 11.9 Å². The highest BCUT2D eigenvalue weighted by Crippen LogP contribution is 2.28. The van der Waals surface area contributed by atoms with Crippen LogP contribution in [0.1, 0.15) is 38.1 Å². The molecule has 0 saturated heterocycles. The fraction of sp³-hybridized carbons (Fsp3) is 0.182. The zero-order valence-electron chi connectivity index (χ0n) is 16.5. The van der Waals surface area contributed by atoms with Gasteiger partial charge >= 0.3 is 5.97 Å². The molecule has 0 atom stereocenters. The number of hydrogen-bond donors (Lipinski definition) is 1. The van der Waals surface area contributed by atoms with Gasteiger partial charge in [-0.1, -0.05) is 30.3 Å². The Morgan fingerprint density at radius 3 is 2.33 bits per heavy atom. The van der Waals surface area contributed by atoms with Crippen molar-refractivity contribution in [3.8, 4) is 0 Å². The first-order chi connectivity index (χ1) is 14.3. The van der Waals surface area contributed by atoms with Crippen molar-refractivity contribution in [2.24, 2.45) is 0 Å². The predicted molar refractivity (Wildman–Crippen MR) is 117 cm³/mol. The lowest BCUT2D eigenvalue weighted by Crippen LogP contribution is -2.11. The molecule has 0 aliphatic carbocycles. The Kier molecular flexibility index (Phi) is 6.69. The first-order valence-electron chi connectivity index (χ1n) is 9.26. The van der Waals surface area contributed by atoms with E-state index in [-0.39, 0.29) is 23.2 Å². The van der Waals surface area contributed by atoms with Crippen LogP contribution in [0.2, 0.25) is 0 Å². The molecule has 1 N–H and O–H groups in total. The van der Waals surface area contributed by atoms with Gasteiger partial charge in [-0.05, 0) is 55.3 Å². The van der Waals surface area contributed by atoms with Crippen molar-refractivity contribution in [2.45, 2.75) is 24.5 Å². The smallest absolute Gasteiger partial charge is 0.348 e. The average Bonchev–Trinajstić information content (AvgIpc) is 3.09. The van der Waals surface area contributed by atoms with E-state index >= 15 is 0 Å². The molecule has 30 heavy (non-hydrogen) atoms. The molecular weight excluding hydrogens is 422 g/mol. The van der Waals surface area contributed by atoms with Crippen molar-refractivity contribution in [3.63, 3.8) is 0 Å². The summed E-state index contributed by atoms with van der Waals surface area (Å²) in [5.41, 5.74) is 1.71. The van der Waals surface area contributed by atoms with E-state index in [2.05, 4.69) is 5.32 Å². The molecule has 3 rings (SSSR count). The SMILES string of the molecule is CCOC(=O)c1sc(NC(=O)c2ccc(CS(=O)(=O)c3ccccc3)cc2)cc1C. The first kappa shape index (κ1) is 21.7. The molecule has 1 aromatic heterocycles. The molecule has 6 nitrogen and oxygen atoms in total. The zero-order chi connectivity index (χ0) is 21.7. The molecule has 1 amide bonds. The molecule has 0 aliphatic rings. The van der Waals surface area contributed by atoms with Gasteiger partial charge in [-0.3, -0.25) is 4.79 Å². The number of thiophene rings is 1. The van der Waals surface area contributed by atoms with Gasteiger partial charge in [-0.15, -0.1) is 11.3 Å². The van der Waals surface area contributed by atoms with Crippen molar-refractivity contribution in [1.29, 1.82) is 0 Å². The van der Waals surface area contributed by atoms with E-state index < -0.39 is 15.8 Å². The standard InChI is InChI=1S/C22H21NO5S2/c1-3-28-22(25)20-15(2)13-19(29-20)23-21(24)17-11-9-16(10-12-17)14-30(26,27)18-7-5-4-6-8-18/h4-13H,3,14H2,1-2H3,(H,23,24). The summed E-state index contributed by atoms with van der Waals surface area (Å²) in [4.78, 5) is 25.1. The molecule has 0 saturated carbocycles. The number of amides is 1. The topological polar surface area (TPSA) is 89.5 Å². The van der Waals surface area contributed by atoms with E-state index in [1.54, 1.807) is 74.5 Å². The van der Waals surface area contributed by atoms with E-state index in [4.69, 9.17) is 4.74 Å². The fourth-order valence-electron chi connectivity index (χ4n) is 2.81. The largest absolute Gasteiger partial charge is 0.462 e. The molecule has 8 heteroatoms. The van der Waals surface area contributed by atoms with E-state index in [9.17, 15) is 18.0 Å². The minimum atomic E-state index is -3.45.